The first-order chi connectivity index (χ1) is 9.61. The predicted octanol–water partition coefficient (Wildman–Crippen LogP) is 2.25. The van der Waals surface area contributed by atoms with E-state index < -0.39 is 0 Å². The molecular formula is C15H23N3O2. The normalized spacial score (nSPS) is 22.9. The van der Waals surface area contributed by atoms with E-state index in [9.17, 15) is 4.79 Å². The number of nitrogens with one attached hydrogen (secondary N) is 1. The molecule has 0 radical (unpaired) electrons. The van der Waals surface area contributed by atoms with E-state index in [1.807, 2.05) is 13.0 Å². The Morgan fingerprint density at radius 2 is 2.10 bits per heavy atom. The van der Waals surface area contributed by atoms with Gasteiger partial charge in [-0.05, 0) is 31.9 Å². The van der Waals surface area contributed by atoms with Gasteiger partial charge in [-0.25, -0.2) is 9.78 Å². The molecule has 5 nitrogen and oxygen atoms in total. The molecule has 2 rings (SSSR count). The van der Waals surface area contributed by atoms with Gasteiger partial charge in [0.1, 0.15) is 5.82 Å². The molecule has 0 spiro atoms. The maximum absolute atomic E-state index is 11.5. The highest BCUT2D eigenvalue weighted by Crippen LogP contribution is 2.20. The Labute approximate surface area is 119 Å². The Hall–Kier alpha value is -1.62. The largest absolute Gasteiger partial charge is 0.465 e. The average Bonchev–Trinajstić information content (AvgIpc) is 2.64. The number of aryl methyl sites for hydroxylation is 1. The van der Waals surface area contributed by atoms with Crippen molar-refractivity contribution >= 4 is 11.8 Å². The van der Waals surface area contributed by atoms with Crippen LogP contribution in [0.5, 0.6) is 0 Å². The number of carbonyl (C=O) groups excluding carboxylic acids is 1. The summed E-state index contributed by atoms with van der Waals surface area (Å²) in [5, 5.41) is 3.41. The molecule has 0 amide bonds. The average molecular weight is 277 g/mol. The number of hydrogen-bond acceptors (Lipinski definition) is 5. The highest BCUT2D eigenvalue weighted by molar-refractivity contribution is 5.90. The third kappa shape index (κ3) is 3.48. The Balaban J connectivity index is 2.09. The Morgan fingerprint density at radius 1 is 1.35 bits per heavy atom. The number of aromatic nitrogens is 1. The van der Waals surface area contributed by atoms with Gasteiger partial charge in [0.2, 0.25) is 0 Å². The van der Waals surface area contributed by atoms with Gasteiger partial charge in [0.25, 0.3) is 0 Å². The molecule has 1 aliphatic rings. The van der Waals surface area contributed by atoms with E-state index in [-0.39, 0.29) is 18.1 Å². The molecule has 1 saturated carbocycles. The van der Waals surface area contributed by atoms with Gasteiger partial charge in [-0.1, -0.05) is 19.3 Å². The number of nitrogens with two attached hydrogens (primary N) is 1. The molecule has 2 atom stereocenters. The maximum Gasteiger partial charge on any atom is 0.339 e. The van der Waals surface area contributed by atoms with Crippen molar-refractivity contribution in [3.63, 3.8) is 0 Å². The predicted molar refractivity (Wildman–Crippen MR) is 78.8 cm³/mol. The van der Waals surface area contributed by atoms with Crippen molar-refractivity contribution < 1.29 is 9.53 Å². The van der Waals surface area contributed by atoms with E-state index in [4.69, 9.17) is 10.5 Å². The van der Waals surface area contributed by atoms with Crippen LogP contribution < -0.4 is 11.1 Å². The molecule has 110 valence electrons. The van der Waals surface area contributed by atoms with Crippen LogP contribution in [0.1, 0.15) is 48.2 Å². The highest BCUT2D eigenvalue weighted by atomic mass is 16.5. The van der Waals surface area contributed by atoms with Gasteiger partial charge >= 0.3 is 5.97 Å². The topological polar surface area (TPSA) is 77.2 Å². The highest BCUT2D eigenvalue weighted by Gasteiger charge is 2.21. The first-order valence-electron chi connectivity index (χ1n) is 7.20. The molecule has 2 unspecified atom stereocenters. The molecular weight excluding hydrogens is 254 g/mol. The summed E-state index contributed by atoms with van der Waals surface area (Å²) >= 11 is 0. The van der Waals surface area contributed by atoms with E-state index >= 15 is 0 Å². The molecule has 1 fully saturated rings. The molecule has 5 heteroatoms. The fourth-order valence-corrected chi connectivity index (χ4v) is 2.67. The number of esters is 1. The molecule has 0 saturated heterocycles. The number of methoxy groups -OCH3 is 1. The second-order valence-electron chi connectivity index (χ2n) is 5.37. The minimum Gasteiger partial charge on any atom is -0.465 e. The van der Waals surface area contributed by atoms with Gasteiger partial charge < -0.3 is 15.8 Å². The molecule has 1 aromatic rings. The molecule has 0 aliphatic heterocycles. The second kappa shape index (κ2) is 6.70. The minimum absolute atomic E-state index is 0.167. The van der Waals surface area contributed by atoms with Crippen LogP contribution in [0, 0.1) is 6.92 Å². The lowest BCUT2D eigenvalue weighted by atomic mass is 10.0. The molecule has 0 aromatic carbocycles. The number of ether oxygens (including phenoxy) is 1. The lowest BCUT2D eigenvalue weighted by Crippen LogP contribution is -2.39. The summed E-state index contributed by atoms with van der Waals surface area (Å²) in [5.41, 5.74) is 7.37. The van der Waals surface area contributed by atoms with Crippen LogP contribution in [0.25, 0.3) is 0 Å². The zero-order valence-electron chi connectivity index (χ0n) is 12.2. The zero-order valence-corrected chi connectivity index (χ0v) is 12.2. The van der Waals surface area contributed by atoms with Crippen molar-refractivity contribution in [3.05, 3.63) is 23.4 Å². The third-order valence-electron chi connectivity index (χ3n) is 3.89. The number of pyridine rings is 1. The zero-order chi connectivity index (χ0) is 14.5. The molecule has 20 heavy (non-hydrogen) atoms. The number of carbonyl (C=O) groups is 1. The van der Waals surface area contributed by atoms with Crippen LogP contribution in [-0.2, 0) is 4.74 Å². The number of anilines is 1. The maximum atomic E-state index is 11.5. The number of nitrogens with zero attached hydrogens (tertiary/aromatic N) is 1. The van der Waals surface area contributed by atoms with Crippen molar-refractivity contribution in [2.45, 2.75) is 51.1 Å². The Kier molecular flexibility index (Phi) is 4.95. The van der Waals surface area contributed by atoms with E-state index in [0.29, 0.717) is 11.3 Å². The van der Waals surface area contributed by atoms with Crippen molar-refractivity contribution in [1.29, 1.82) is 0 Å². The Bertz CT molecular complexity index is 476. The summed E-state index contributed by atoms with van der Waals surface area (Å²) in [6, 6.07) is 3.99. The summed E-state index contributed by atoms with van der Waals surface area (Å²) < 4.78 is 4.72. The van der Waals surface area contributed by atoms with Gasteiger partial charge in [0.05, 0.1) is 18.4 Å². The monoisotopic (exact) mass is 277 g/mol. The van der Waals surface area contributed by atoms with Gasteiger partial charge in [0.15, 0.2) is 0 Å². The summed E-state index contributed by atoms with van der Waals surface area (Å²) in [7, 11) is 1.37. The van der Waals surface area contributed by atoms with Crippen LogP contribution in [0.15, 0.2) is 12.1 Å². The van der Waals surface area contributed by atoms with Crippen molar-refractivity contribution in [3.8, 4) is 0 Å². The molecule has 1 heterocycles. The number of hydrogen-bond donors (Lipinski definition) is 2. The van der Waals surface area contributed by atoms with Crippen LogP contribution in [0.2, 0.25) is 0 Å². The summed E-state index contributed by atoms with van der Waals surface area (Å²) in [5.74, 6) is 0.422. The van der Waals surface area contributed by atoms with E-state index in [0.717, 1.165) is 18.7 Å². The van der Waals surface area contributed by atoms with Gasteiger partial charge in [-0.3, -0.25) is 0 Å². The number of rotatable bonds is 3. The molecule has 3 N–H and O–H groups in total. The van der Waals surface area contributed by atoms with Crippen LogP contribution in [-0.4, -0.2) is 30.1 Å². The lowest BCUT2D eigenvalue weighted by Gasteiger charge is -2.23. The SMILES string of the molecule is COC(=O)c1ccc(NC2CCCCCC2N)nc1C. The standard InChI is InChI=1S/C15H23N3O2/c1-10-11(15(19)20-2)8-9-14(17-10)18-13-7-5-3-4-6-12(13)16/h8-9,12-13H,3-7,16H2,1-2H3,(H,17,18). The van der Waals surface area contributed by atoms with E-state index in [1.165, 1.54) is 26.4 Å². The summed E-state index contributed by atoms with van der Waals surface area (Å²) in [6.45, 7) is 1.81. The fourth-order valence-electron chi connectivity index (χ4n) is 2.67. The first-order valence-corrected chi connectivity index (χ1v) is 7.20. The van der Waals surface area contributed by atoms with E-state index in [1.54, 1.807) is 6.07 Å². The second-order valence-corrected chi connectivity index (χ2v) is 5.37. The first kappa shape index (κ1) is 14.8. The van der Waals surface area contributed by atoms with Crippen molar-refractivity contribution in [2.75, 3.05) is 12.4 Å². The van der Waals surface area contributed by atoms with Gasteiger partial charge in [0, 0.05) is 12.1 Å². The van der Waals surface area contributed by atoms with Crippen LogP contribution in [0.3, 0.4) is 0 Å². The summed E-state index contributed by atoms with van der Waals surface area (Å²) in [6.07, 6.45) is 5.77. The lowest BCUT2D eigenvalue weighted by molar-refractivity contribution is 0.0599. The van der Waals surface area contributed by atoms with E-state index in [2.05, 4.69) is 10.3 Å². The van der Waals surface area contributed by atoms with Crippen molar-refractivity contribution in [1.82, 2.24) is 4.98 Å². The quantitative estimate of drug-likeness (QED) is 0.654. The minimum atomic E-state index is -0.354. The summed E-state index contributed by atoms with van der Waals surface area (Å²) in [4.78, 5) is 16.0. The Morgan fingerprint density at radius 3 is 2.80 bits per heavy atom. The third-order valence-corrected chi connectivity index (χ3v) is 3.89. The molecule has 0 bridgehead atoms. The molecule has 1 aromatic heterocycles. The van der Waals surface area contributed by atoms with Crippen LogP contribution >= 0.6 is 0 Å². The fraction of sp³-hybridized carbons (Fsp3) is 0.600. The van der Waals surface area contributed by atoms with Gasteiger partial charge in [-0.2, -0.15) is 0 Å². The van der Waals surface area contributed by atoms with Gasteiger partial charge in [-0.15, -0.1) is 0 Å². The van der Waals surface area contributed by atoms with Crippen molar-refractivity contribution in [2.24, 2.45) is 5.73 Å². The smallest absolute Gasteiger partial charge is 0.339 e. The molecule has 1 aliphatic carbocycles. The van der Waals surface area contributed by atoms with Crippen LogP contribution in [0.4, 0.5) is 5.82 Å².